The number of ether oxygens (including phenoxy) is 1. The fourth-order valence-electron chi connectivity index (χ4n) is 2.23. The number of hydrogen-bond acceptors (Lipinski definition) is 4. The van der Waals surface area contributed by atoms with Crippen molar-refractivity contribution < 1.29 is 4.74 Å². The van der Waals surface area contributed by atoms with Crippen LogP contribution in [0.4, 0.5) is 5.69 Å². The maximum absolute atomic E-state index is 5.47. The molecular weight excluding hydrogens is 232 g/mol. The summed E-state index contributed by atoms with van der Waals surface area (Å²) in [6.45, 7) is 1.78. The van der Waals surface area contributed by atoms with Crippen molar-refractivity contribution >= 4 is 27.2 Å². The van der Waals surface area contributed by atoms with Crippen molar-refractivity contribution in [1.82, 2.24) is 4.98 Å². The summed E-state index contributed by atoms with van der Waals surface area (Å²) in [6, 6.07) is 6.94. The molecule has 1 atom stereocenters. The molecule has 2 aromatic rings. The van der Waals surface area contributed by atoms with Crippen molar-refractivity contribution in [1.29, 1.82) is 0 Å². The van der Waals surface area contributed by atoms with Crippen LogP contribution in [0.15, 0.2) is 23.7 Å². The Morgan fingerprint density at radius 3 is 3.29 bits per heavy atom. The summed E-state index contributed by atoms with van der Waals surface area (Å²) in [5.74, 6) is 0. The van der Waals surface area contributed by atoms with Crippen LogP contribution in [-0.4, -0.2) is 24.2 Å². The molecule has 1 saturated heterocycles. The van der Waals surface area contributed by atoms with Gasteiger partial charge in [0.05, 0.1) is 15.7 Å². The Kier molecular flexibility index (Phi) is 3.25. The van der Waals surface area contributed by atoms with Crippen LogP contribution in [0.3, 0.4) is 0 Å². The second-order valence-corrected chi connectivity index (χ2v) is 5.31. The van der Waals surface area contributed by atoms with Gasteiger partial charge in [-0.2, -0.15) is 0 Å². The summed E-state index contributed by atoms with van der Waals surface area (Å²) in [4.78, 5) is 4.29. The lowest BCUT2D eigenvalue weighted by molar-refractivity contribution is 0.144. The molecule has 1 aliphatic rings. The number of thiazole rings is 1. The molecule has 1 aliphatic heterocycles. The predicted octanol–water partition coefficient (Wildman–Crippen LogP) is 3.28. The largest absolute Gasteiger partial charge is 0.382 e. The first-order valence-electron chi connectivity index (χ1n) is 6.09. The molecule has 0 saturated carbocycles. The van der Waals surface area contributed by atoms with E-state index in [2.05, 4.69) is 28.5 Å². The van der Waals surface area contributed by atoms with E-state index >= 15 is 0 Å². The van der Waals surface area contributed by atoms with Crippen molar-refractivity contribution in [3.63, 3.8) is 0 Å². The fraction of sp³-hybridized carbons (Fsp3) is 0.462. The first-order valence-corrected chi connectivity index (χ1v) is 6.97. The molecule has 1 fully saturated rings. The Bertz CT molecular complexity index is 489. The van der Waals surface area contributed by atoms with Crippen molar-refractivity contribution in [3.8, 4) is 0 Å². The van der Waals surface area contributed by atoms with Gasteiger partial charge in [-0.15, -0.1) is 11.3 Å². The summed E-state index contributed by atoms with van der Waals surface area (Å²) < 4.78 is 6.72. The van der Waals surface area contributed by atoms with Crippen LogP contribution >= 0.6 is 11.3 Å². The van der Waals surface area contributed by atoms with E-state index in [0.29, 0.717) is 6.04 Å². The van der Waals surface area contributed by atoms with E-state index in [0.717, 1.165) is 31.6 Å². The maximum atomic E-state index is 5.47. The highest BCUT2D eigenvalue weighted by molar-refractivity contribution is 7.16. The Balaban J connectivity index is 1.74. The molecule has 0 radical (unpaired) electrons. The van der Waals surface area contributed by atoms with E-state index < -0.39 is 0 Å². The number of rotatable bonds is 2. The normalized spacial score (nSPS) is 21.3. The molecule has 1 N–H and O–H groups in total. The van der Waals surface area contributed by atoms with E-state index in [4.69, 9.17) is 4.74 Å². The minimum absolute atomic E-state index is 0.544. The summed E-state index contributed by atoms with van der Waals surface area (Å²) in [5, 5.41) is 3.60. The Labute approximate surface area is 105 Å². The van der Waals surface area contributed by atoms with Crippen molar-refractivity contribution in [3.05, 3.63) is 23.7 Å². The number of nitrogens with zero attached hydrogens (tertiary/aromatic N) is 1. The number of benzene rings is 1. The zero-order valence-electron chi connectivity index (χ0n) is 9.69. The zero-order chi connectivity index (χ0) is 11.5. The van der Waals surface area contributed by atoms with E-state index in [1.54, 1.807) is 11.3 Å². The highest BCUT2D eigenvalue weighted by atomic mass is 32.1. The van der Waals surface area contributed by atoms with Gasteiger partial charge >= 0.3 is 0 Å². The van der Waals surface area contributed by atoms with Gasteiger partial charge in [-0.1, -0.05) is 0 Å². The minimum atomic E-state index is 0.544. The Morgan fingerprint density at radius 2 is 2.29 bits per heavy atom. The number of hydrogen-bond donors (Lipinski definition) is 1. The summed E-state index contributed by atoms with van der Waals surface area (Å²) in [5.41, 5.74) is 4.19. The standard InChI is InChI=1S/C13H16N2OS/c1-2-10(5-7-16-6-1)15-11-3-4-12-13(8-11)17-9-14-12/h3-4,8-10,15H,1-2,5-7H2. The molecule has 90 valence electrons. The van der Waals surface area contributed by atoms with Crippen LogP contribution in [0, 0.1) is 0 Å². The number of fused-ring (bicyclic) bond motifs is 1. The topological polar surface area (TPSA) is 34.2 Å². The van der Waals surface area contributed by atoms with E-state index in [1.807, 2.05) is 5.51 Å². The second kappa shape index (κ2) is 5.02. The van der Waals surface area contributed by atoms with Crippen molar-refractivity contribution in [2.45, 2.75) is 25.3 Å². The van der Waals surface area contributed by atoms with Gasteiger partial charge in [0, 0.05) is 24.9 Å². The van der Waals surface area contributed by atoms with Gasteiger partial charge in [-0.05, 0) is 37.5 Å². The molecule has 0 amide bonds. The van der Waals surface area contributed by atoms with Gasteiger partial charge in [0.25, 0.3) is 0 Å². The second-order valence-electron chi connectivity index (χ2n) is 4.42. The Hall–Kier alpha value is -1.13. The number of aromatic nitrogens is 1. The van der Waals surface area contributed by atoms with Crippen molar-refractivity contribution in [2.75, 3.05) is 18.5 Å². The van der Waals surface area contributed by atoms with Crippen LogP contribution in [0.5, 0.6) is 0 Å². The van der Waals surface area contributed by atoms with Gasteiger partial charge in [0.2, 0.25) is 0 Å². The lowest BCUT2D eigenvalue weighted by Gasteiger charge is -2.16. The van der Waals surface area contributed by atoms with Gasteiger partial charge < -0.3 is 10.1 Å². The lowest BCUT2D eigenvalue weighted by Crippen LogP contribution is -2.19. The monoisotopic (exact) mass is 248 g/mol. The van der Waals surface area contributed by atoms with E-state index in [-0.39, 0.29) is 0 Å². The molecule has 1 aromatic heterocycles. The van der Waals surface area contributed by atoms with Crippen molar-refractivity contribution in [2.24, 2.45) is 0 Å². The fourth-order valence-corrected chi connectivity index (χ4v) is 2.95. The molecule has 3 rings (SSSR count). The van der Waals surface area contributed by atoms with Gasteiger partial charge in [-0.3, -0.25) is 0 Å². The highest BCUT2D eigenvalue weighted by Crippen LogP contribution is 2.23. The molecule has 1 unspecified atom stereocenters. The van der Waals surface area contributed by atoms with Gasteiger partial charge in [0.1, 0.15) is 0 Å². The van der Waals surface area contributed by atoms with Crippen LogP contribution in [-0.2, 0) is 4.74 Å². The SMILES string of the molecule is c1nc2ccc(NC3CCCOCC3)cc2s1. The first kappa shape index (κ1) is 11.0. The molecule has 0 bridgehead atoms. The molecule has 1 aromatic carbocycles. The van der Waals surface area contributed by atoms with Crippen LogP contribution in [0.2, 0.25) is 0 Å². The predicted molar refractivity (Wildman–Crippen MR) is 71.7 cm³/mol. The quantitative estimate of drug-likeness (QED) is 0.885. The molecular formula is C13H16N2OS. The Morgan fingerprint density at radius 1 is 1.29 bits per heavy atom. The first-order chi connectivity index (χ1) is 8.42. The smallest absolute Gasteiger partial charge is 0.0813 e. The number of anilines is 1. The molecule has 3 nitrogen and oxygen atoms in total. The number of nitrogens with one attached hydrogen (secondary N) is 1. The van der Waals surface area contributed by atoms with E-state index in [9.17, 15) is 0 Å². The summed E-state index contributed by atoms with van der Waals surface area (Å²) >= 11 is 1.69. The van der Waals surface area contributed by atoms with Gasteiger partial charge in [-0.25, -0.2) is 4.98 Å². The van der Waals surface area contributed by atoms with Gasteiger partial charge in [0.15, 0.2) is 0 Å². The molecule has 17 heavy (non-hydrogen) atoms. The third-order valence-electron chi connectivity index (χ3n) is 3.15. The zero-order valence-corrected chi connectivity index (χ0v) is 10.5. The average Bonchev–Trinajstić information content (AvgIpc) is 2.65. The maximum Gasteiger partial charge on any atom is 0.0813 e. The van der Waals surface area contributed by atoms with Crippen LogP contribution in [0.1, 0.15) is 19.3 Å². The van der Waals surface area contributed by atoms with Crippen LogP contribution in [0.25, 0.3) is 10.2 Å². The highest BCUT2D eigenvalue weighted by Gasteiger charge is 2.12. The third-order valence-corrected chi connectivity index (χ3v) is 3.95. The van der Waals surface area contributed by atoms with E-state index in [1.165, 1.54) is 16.8 Å². The minimum Gasteiger partial charge on any atom is -0.382 e. The summed E-state index contributed by atoms with van der Waals surface area (Å²) in [7, 11) is 0. The van der Waals surface area contributed by atoms with Crippen LogP contribution < -0.4 is 5.32 Å². The molecule has 0 aliphatic carbocycles. The molecule has 2 heterocycles. The summed E-state index contributed by atoms with van der Waals surface area (Å²) in [6.07, 6.45) is 3.45. The lowest BCUT2D eigenvalue weighted by atomic mass is 10.1. The third kappa shape index (κ3) is 2.58. The molecule has 4 heteroatoms. The molecule has 0 spiro atoms. The average molecular weight is 248 g/mol.